The van der Waals surface area contributed by atoms with Gasteiger partial charge in [0.25, 0.3) is 5.91 Å². The van der Waals surface area contributed by atoms with E-state index >= 15 is 0 Å². The highest BCUT2D eigenvalue weighted by molar-refractivity contribution is 5.89. The number of carbonyl (C=O) groups excluding carboxylic acids is 1. The molecule has 1 aromatic carbocycles. The average Bonchev–Trinajstić information content (AvgIpc) is 3.16. The molecule has 1 aliphatic heterocycles. The van der Waals surface area contributed by atoms with Crippen LogP contribution in [0.4, 0.5) is 26.3 Å². The lowest BCUT2D eigenvalue weighted by atomic mass is 10.0. The molecule has 1 amide bonds. The summed E-state index contributed by atoms with van der Waals surface area (Å²) in [5.41, 5.74) is -0.839. The number of aliphatic hydroxyl groups excluding tert-OH is 1. The summed E-state index contributed by atoms with van der Waals surface area (Å²) in [6.45, 7) is 0.927. The summed E-state index contributed by atoms with van der Waals surface area (Å²) in [5.74, 6) is -0.890. The van der Waals surface area contributed by atoms with Gasteiger partial charge in [-0.1, -0.05) is 0 Å². The molecule has 2 aromatic rings. The van der Waals surface area contributed by atoms with Gasteiger partial charge in [-0.2, -0.15) is 26.3 Å². The maximum Gasteiger partial charge on any atom is 0.416 e. The molecular formula is C18H17F6N5O2. The molecule has 31 heavy (non-hydrogen) atoms. The first-order chi connectivity index (χ1) is 14.4. The Kier molecular flexibility index (Phi) is 6.36. The molecule has 3 rings (SSSR count). The van der Waals surface area contributed by atoms with Crippen molar-refractivity contribution < 1.29 is 36.2 Å². The Morgan fingerprint density at radius 2 is 1.65 bits per heavy atom. The van der Waals surface area contributed by atoms with Gasteiger partial charge < -0.3 is 5.11 Å². The normalized spacial score (nSPS) is 16.7. The van der Waals surface area contributed by atoms with E-state index in [1.807, 2.05) is 0 Å². The van der Waals surface area contributed by atoms with Gasteiger partial charge in [0.15, 0.2) is 5.82 Å². The lowest BCUT2D eigenvalue weighted by Gasteiger charge is -2.29. The number of rotatable bonds is 4. The summed E-state index contributed by atoms with van der Waals surface area (Å²) in [6.07, 6.45) is -6.09. The van der Waals surface area contributed by atoms with Gasteiger partial charge in [0.05, 0.1) is 17.2 Å². The zero-order valence-corrected chi connectivity index (χ0v) is 15.8. The molecule has 0 aliphatic carbocycles. The maximum absolute atomic E-state index is 13.0. The number of hydrazine groups is 1. The van der Waals surface area contributed by atoms with Gasteiger partial charge in [0.2, 0.25) is 0 Å². The standard InChI is InChI=1S/C18H17F6N5O2/c19-17(20,21)12-7-11(8-13(9-12)18(22,23)24)16-25-10-29(27-16)6-3-15(31)26-28-4-1-14(30)2-5-28/h3,6-10,14,30H,1-2,4-5H2,(H,26,31). The van der Waals surface area contributed by atoms with E-state index in [1.165, 1.54) is 0 Å². The van der Waals surface area contributed by atoms with Crippen LogP contribution in [0.3, 0.4) is 0 Å². The van der Waals surface area contributed by atoms with E-state index in [2.05, 4.69) is 15.5 Å². The van der Waals surface area contributed by atoms with Crippen LogP contribution in [0.1, 0.15) is 24.0 Å². The Bertz CT molecular complexity index is 929. The summed E-state index contributed by atoms with van der Waals surface area (Å²) < 4.78 is 79.0. The van der Waals surface area contributed by atoms with Crippen LogP contribution in [0.15, 0.2) is 30.6 Å². The highest BCUT2D eigenvalue weighted by Crippen LogP contribution is 2.38. The number of hydrogen-bond donors (Lipinski definition) is 2. The molecular weight excluding hydrogens is 432 g/mol. The van der Waals surface area contributed by atoms with Crippen molar-refractivity contribution in [1.29, 1.82) is 0 Å². The van der Waals surface area contributed by atoms with Gasteiger partial charge in [0.1, 0.15) is 6.33 Å². The number of aliphatic hydroxyl groups is 1. The number of benzene rings is 1. The zero-order valence-electron chi connectivity index (χ0n) is 15.8. The molecule has 7 nitrogen and oxygen atoms in total. The van der Waals surface area contributed by atoms with Crippen LogP contribution in [-0.4, -0.2) is 50.0 Å². The SMILES string of the molecule is O=C(C=Cn1cnc(-c2cc(C(F)(F)F)cc(C(F)(F)F)c2)n1)NN1CCC(O)CC1. The molecule has 0 atom stereocenters. The quantitative estimate of drug-likeness (QED) is 0.554. The predicted molar refractivity (Wildman–Crippen MR) is 95.7 cm³/mol. The number of aromatic nitrogens is 3. The predicted octanol–water partition coefficient (Wildman–Crippen LogP) is 2.94. The van der Waals surface area contributed by atoms with Crippen molar-refractivity contribution in [2.75, 3.05) is 13.1 Å². The third kappa shape index (κ3) is 6.04. The monoisotopic (exact) mass is 449 g/mol. The first-order valence-electron chi connectivity index (χ1n) is 9.04. The zero-order chi connectivity index (χ0) is 22.8. The fraction of sp³-hybridized carbons (Fsp3) is 0.389. The smallest absolute Gasteiger partial charge is 0.393 e. The molecule has 2 heterocycles. The van der Waals surface area contributed by atoms with Crippen LogP contribution in [0, 0.1) is 0 Å². The van der Waals surface area contributed by atoms with Crippen LogP contribution >= 0.6 is 0 Å². The topological polar surface area (TPSA) is 83.3 Å². The molecule has 2 N–H and O–H groups in total. The minimum Gasteiger partial charge on any atom is -0.393 e. The number of amides is 1. The molecule has 168 valence electrons. The Hall–Kier alpha value is -2.93. The third-order valence-electron chi connectivity index (χ3n) is 4.47. The molecule has 13 heteroatoms. The lowest BCUT2D eigenvalue weighted by molar-refractivity contribution is -0.143. The Morgan fingerprint density at radius 1 is 1.06 bits per heavy atom. The Labute approximate surface area is 171 Å². The van der Waals surface area contributed by atoms with Gasteiger partial charge in [-0.3, -0.25) is 10.2 Å². The summed E-state index contributed by atoms with van der Waals surface area (Å²) in [6, 6.07) is 1.07. The van der Waals surface area contributed by atoms with Crippen LogP contribution in [-0.2, 0) is 17.1 Å². The van der Waals surface area contributed by atoms with E-state index in [-0.39, 0.29) is 11.9 Å². The largest absolute Gasteiger partial charge is 0.416 e. The van der Waals surface area contributed by atoms with Crippen LogP contribution in [0.25, 0.3) is 17.6 Å². The summed E-state index contributed by atoms with van der Waals surface area (Å²) in [7, 11) is 0. The van der Waals surface area contributed by atoms with Gasteiger partial charge >= 0.3 is 12.4 Å². The minimum atomic E-state index is -4.99. The number of nitrogens with one attached hydrogen (secondary N) is 1. The number of piperidine rings is 1. The molecule has 0 saturated carbocycles. The van der Waals surface area contributed by atoms with Crippen molar-refractivity contribution in [3.8, 4) is 11.4 Å². The number of halogens is 6. The van der Waals surface area contributed by atoms with Crippen molar-refractivity contribution in [3.05, 3.63) is 41.7 Å². The lowest BCUT2D eigenvalue weighted by Crippen LogP contribution is -2.47. The summed E-state index contributed by atoms with van der Waals surface area (Å²) >= 11 is 0. The van der Waals surface area contributed by atoms with E-state index in [1.54, 1.807) is 5.01 Å². The van der Waals surface area contributed by atoms with E-state index in [4.69, 9.17) is 0 Å². The van der Waals surface area contributed by atoms with Crippen molar-refractivity contribution >= 4 is 12.1 Å². The Morgan fingerprint density at radius 3 is 2.19 bits per heavy atom. The number of nitrogens with zero attached hydrogens (tertiary/aromatic N) is 4. The van der Waals surface area contributed by atoms with Gasteiger partial charge in [-0.15, -0.1) is 5.10 Å². The van der Waals surface area contributed by atoms with Crippen LogP contribution < -0.4 is 5.43 Å². The highest BCUT2D eigenvalue weighted by atomic mass is 19.4. The molecule has 1 saturated heterocycles. The second kappa shape index (κ2) is 8.67. The van der Waals surface area contributed by atoms with Crippen LogP contribution in [0.2, 0.25) is 0 Å². The number of carbonyl (C=O) groups is 1. The molecule has 0 bridgehead atoms. The van der Waals surface area contributed by atoms with Gasteiger partial charge in [0, 0.05) is 30.9 Å². The second-order valence-electron chi connectivity index (χ2n) is 6.85. The fourth-order valence-corrected chi connectivity index (χ4v) is 2.88. The molecule has 1 fully saturated rings. The molecule has 1 aromatic heterocycles. The molecule has 0 spiro atoms. The van der Waals surface area contributed by atoms with Crippen molar-refractivity contribution in [2.45, 2.75) is 31.3 Å². The van der Waals surface area contributed by atoms with Crippen molar-refractivity contribution in [1.82, 2.24) is 25.2 Å². The molecule has 0 unspecified atom stereocenters. The number of alkyl halides is 6. The van der Waals surface area contributed by atoms with E-state index < -0.39 is 41.1 Å². The first kappa shape index (κ1) is 22.7. The molecule has 0 radical (unpaired) electrons. The minimum absolute atomic E-state index is 0.0182. The van der Waals surface area contributed by atoms with Gasteiger partial charge in [-0.25, -0.2) is 14.7 Å². The maximum atomic E-state index is 13.0. The number of hydrogen-bond acceptors (Lipinski definition) is 5. The first-order valence-corrected chi connectivity index (χ1v) is 9.04. The Balaban J connectivity index is 1.75. The average molecular weight is 449 g/mol. The van der Waals surface area contributed by atoms with Crippen molar-refractivity contribution in [2.24, 2.45) is 0 Å². The summed E-state index contributed by atoms with van der Waals surface area (Å²) in [5, 5.41) is 14.9. The second-order valence-corrected chi connectivity index (χ2v) is 6.85. The van der Waals surface area contributed by atoms with E-state index in [9.17, 15) is 36.2 Å². The van der Waals surface area contributed by atoms with E-state index in [0.717, 1.165) is 23.3 Å². The van der Waals surface area contributed by atoms with Crippen LogP contribution in [0.5, 0.6) is 0 Å². The van der Waals surface area contributed by atoms with Crippen molar-refractivity contribution in [3.63, 3.8) is 0 Å². The van der Waals surface area contributed by atoms with E-state index in [0.29, 0.717) is 38.1 Å². The van der Waals surface area contributed by atoms with Gasteiger partial charge in [-0.05, 0) is 31.0 Å². The summed E-state index contributed by atoms with van der Waals surface area (Å²) in [4.78, 5) is 15.7. The molecule has 1 aliphatic rings. The third-order valence-corrected chi connectivity index (χ3v) is 4.47. The highest BCUT2D eigenvalue weighted by Gasteiger charge is 2.37. The fourth-order valence-electron chi connectivity index (χ4n) is 2.88.